The standard InChI is InChI=1S/C14H18N2O3.C9H10O.C2H6.C2H2/c1-9-7-15-8-10-6-11(19-13(9)10)4-5-12(17)16-14(2,3)18;1-2-6-9-8(4-1)5-3-7-10-9;2*1-2/h6-8,18H,4-5H2,1-3H3,(H,16,17);1-2,4,6H,3,5,7H2;1-2H3;1-2H. The molecule has 2 aromatic heterocycles. The molecule has 3 heterocycles. The molecule has 0 atom stereocenters. The molecule has 6 nitrogen and oxygen atoms in total. The maximum absolute atomic E-state index is 11.6. The molecular weight excluding hydrogens is 416 g/mol. The van der Waals surface area contributed by atoms with Crippen LogP contribution in [-0.4, -0.2) is 28.3 Å². The van der Waals surface area contributed by atoms with E-state index in [2.05, 4.69) is 35.3 Å². The normalized spacial score (nSPS) is 11.8. The van der Waals surface area contributed by atoms with Crippen molar-refractivity contribution < 1.29 is 19.1 Å². The van der Waals surface area contributed by atoms with E-state index in [1.165, 1.54) is 25.8 Å². The highest BCUT2D eigenvalue weighted by Gasteiger charge is 2.16. The summed E-state index contributed by atoms with van der Waals surface area (Å²) >= 11 is 0. The summed E-state index contributed by atoms with van der Waals surface area (Å²) < 4.78 is 11.1. The molecule has 178 valence electrons. The topological polar surface area (TPSA) is 84.6 Å². The minimum Gasteiger partial charge on any atom is -0.493 e. The van der Waals surface area contributed by atoms with Crippen molar-refractivity contribution in [1.29, 1.82) is 0 Å². The lowest BCUT2D eigenvalue weighted by molar-refractivity contribution is -0.127. The summed E-state index contributed by atoms with van der Waals surface area (Å²) in [5.74, 6) is 1.62. The Bertz CT molecular complexity index is 991. The SMILES string of the molecule is C#C.CC.Cc1cncc2cc(CCC(=O)NC(C)(C)O)oc12.c1ccc2c(c1)CCCO2. The quantitative estimate of drug-likeness (QED) is 0.420. The van der Waals surface area contributed by atoms with Crippen LogP contribution in [0.4, 0.5) is 0 Å². The van der Waals surface area contributed by atoms with Crippen molar-refractivity contribution in [2.75, 3.05) is 6.61 Å². The highest BCUT2D eigenvalue weighted by atomic mass is 16.5. The third-order valence-electron chi connectivity index (χ3n) is 4.52. The number of fused-ring (bicyclic) bond motifs is 2. The van der Waals surface area contributed by atoms with Gasteiger partial charge in [-0.3, -0.25) is 9.78 Å². The molecule has 0 saturated carbocycles. The average Bonchev–Trinajstić information content (AvgIpc) is 3.25. The molecule has 1 aromatic carbocycles. The van der Waals surface area contributed by atoms with E-state index in [1.807, 2.05) is 39.0 Å². The number of benzene rings is 1. The van der Waals surface area contributed by atoms with Crippen LogP contribution in [0.5, 0.6) is 5.75 Å². The molecule has 4 rings (SSSR count). The van der Waals surface area contributed by atoms with E-state index in [4.69, 9.17) is 9.15 Å². The van der Waals surface area contributed by atoms with Crippen LogP contribution < -0.4 is 10.1 Å². The number of hydrogen-bond donors (Lipinski definition) is 2. The van der Waals surface area contributed by atoms with Crippen LogP contribution >= 0.6 is 0 Å². The van der Waals surface area contributed by atoms with Gasteiger partial charge < -0.3 is 19.6 Å². The zero-order chi connectivity index (χ0) is 24.9. The Morgan fingerprint density at radius 1 is 1.21 bits per heavy atom. The molecular formula is C27H36N2O4. The van der Waals surface area contributed by atoms with Gasteiger partial charge in [0.2, 0.25) is 5.91 Å². The van der Waals surface area contributed by atoms with Crippen molar-refractivity contribution in [1.82, 2.24) is 10.3 Å². The first-order chi connectivity index (χ1) is 15.8. The van der Waals surface area contributed by atoms with E-state index in [1.54, 1.807) is 12.4 Å². The van der Waals surface area contributed by atoms with Gasteiger partial charge in [0.1, 0.15) is 22.8 Å². The minimum atomic E-state index is -1.19. The zero-order valence-corrected chi connectivity index (χ0v) is 20.4. The number of nitrogens with zero attached hydrogens (tertiary/aromatic N) is 1. The number of aliphatic hydroxyl groups is 1. The van der Waals surface area contributed by atoms with Gasteiger partial charge in [-0.1, -0.05) is 32.0 Å². The second kappa shape index (κ2) is 14.0. The van der Waals surface area contributed by atoms with Crippen LogP contribution in [0.15, 0.2) is 47.1 Å². The van der Waals surface area contributed by atoms with Crippen molar-refractivity contribution in [2.24, 2.45) is 0 Å². The van der Waals surface area contributed by atoms with Crippen molar-refractivity contribution in [2.45, 2.75) is 66.0 Å². The smallest absolute Gasteiger partial charge is 0.222 e. The first-order valence-corrected chi connectivity index (χ1v) is 11.2. The number of nitrogens with one attached hydrogen (secondary N) is 1. The van der Waals surface area contributed by atoms with Crippen LogP contribution in [0, 0.1) is 19.8 Å². The van der Waals surface area contributed by atoms with E-state index >= 15 is 0 Å². The highest BCUT2D eigenvalue weighted by molar-refractivity contribution is 5.80. The molecule has 1 aliphatic rings. The lowest BCUT2D eigenvalue weighted by atomic mass is 10.1. The summed E-state index contributed by atoms with van der Waals surface area (Å²) in [4.78, 5) is 15.7. The number of ether oxygens (including phenoxy) is 1. The zero-order valence-electron chi connectivity index (χ0n) is 20.4. The van der Waals surface area contributed by atoms with E-state index in [0.29, 0.717) is 6.42 Å². The van der Waals surface area contributed by atoms with Crippen LogP contribution in [-0.2, 0) is 17.6 Å². The number of terminal acetylenes is 1. The molecule has 3 aromatic rings. The van der Waals surface area contributed by atoms with Gasteiger partial charge in [0, 0.05) is 36.2 Å². The first-order valence-electron chi connectivity index (χ1n) is 11.2. The molecule has 0 spiro atoms. The minimum absolute atomic E-state index is 0.206. The maximum Gasteiger partial charge on any atom is 0.222 e. The van der Waals surface area contributed by atoms with Crippen LogP contribution in [0.25, 0.3) is 11.0 Å². The van der Waals surface area contributed by atoms with Crippen molar-refractivity contribution in [3.8, 4) is 18.6 Å². The van der Waals surface area contributed by atoms with Crippen molar-refractivity contribution in [3.63, 3.8) is 0 Å². The fourth-order valence-corrected chi connectivity index (χ4v) is 3.21. The molecule has 0 unspecified atom stereocenters. The summed E-state index contributed by atoms with van der Waals surface area (Å²) in [6.07, 6.45) is 14.6. The van der Waals surface area contributed by atoms with E-state index in [0.717, 1.165) is 41.1 Å². The number of aryl methyl sites for hydroxylation is 3. The number of para-hydroxylation sites is 1. The largest absolute Gasteiger partial charge is 0.493 e. The predicted molar refractivity (Wildman–Crippen MR) is 133 cm³/mol. The van der Waals surface area contributed by atoms with Gasteiger partial charge in [0.25, 0.3) is 0 Å². The van der Waals surface area contributed by atoms with Gasteiger partial charge in [0.05, 0.1) is 6.61 Å². The van der Waals surface area contributed by atoms with Gasteiger partial charge in [-0.15, -0.1) is 12.8 Å². The van der Waals surface area contributed by atoms with Crippen molar-refractivity contribution in [3.05, 3.63) is 59.6 Å². The Morgan fingerprint density at radius 3 is 2.55 bits per heavy atom. The number of carbonyl (C=O) groups is 1. The fourth-order valence-electron chi connectivity index (χ4n) is 3.21. The number of aromatic nitrogens is 1. The number of furan rings is 1. The third kappa shape index (κ3) is 9.38. The summed E-state index contributed by atoms with van der Waals surface area (Å²) in [6.45, 7) is 9.88. The first kappa shape index (κ1) is 27.7. The van der Waals surface area contributed by atoms with Gasteiger partial charge in [-0.25, -0.2) is 0 Å². The molecule has 0 radical (unpaired) electrons. The van der Waals surface area contributed by atoms with Gasteiger partial charge in [-0.05, 0) is 51.3 Å². The second-order valence-corrected chi connectivity index (χ2v) is 7.75. The maximum atomic E-state index is 11.6. The summed E-state index contributed by atoms with van der Waals surface area (Å²) in [7, 11) is 0. The van der Waals surface area contributed by atoms with E-state index in [9.17, 15) is 9.90 Å². The monoisotopic (exact) mass is 452 g/mol. The number of hydrogen-bond acceptors (Lipinski definition) is 5. The van der Waals surface area contributed by atoms with Crippen LogP contribution in [0.3, 0.4) is 0 Å². The number of carbonyl (C=O) groups excluding carboxylic acids is 1. The number of pyridine rings is 1. The van der Waals surface area contributed by atoms with Crippen molar-refractivity contribution >= 4 is 16.9 Å². The van der Waals surface area contributed by atoms with Gasteiger partial charge in [0.15, 0.2) is 0 Å². The van der Waals surface area contributed by atoms with Crippen LogP contribution in [0.1, 0.15) is 57.4 Å². The molecule has 1 aliphatic heterocycles. The molecule has 6 heteroatoms. The van der Waals surface area contributed by atoms with Gasteiger partial charge >= 0.3 is 0 Å². The number of rotatable bonds is 4. The molecule has 0 fully saturated rings. The summed E-state index contributed by atoms with van der Waals surface area (Å²) in [5, 5.41) is 12.9. The molecule has 2 N–H and O–H groups in total. The Kier molecular flexibility index (Phi) is 11.7. The molecule has 33 heavy (non-hydrogen) atoms. The Morgan fingerprint density at radius 2 is 1.91 bits per heavy atom. The number of amides is 1. The summed E-state index contributed by atoms with van der Waals surface area (Å²) in [6, 6.07) is 10.1. The molecule has 0 saturated heterocycles. The lowest BCUT2D eigenvalue weighted by Gasteiger charge is -2.18. The Hall–Kier alpha value is -3.30. The van der Waals surface area contributed by atoms with Gasteiger partial charge in [-0.2, -0.15) is 0 Å². The average molecular weight is 453 g/mol. The molecule has 0 aliphatic carbocycles. The van der Waals surface area contributed by atoms with Crippen LogP contribution in [0.2, 0.25) is 0 Å². The van der Waals surface area contributed by atoms with E-state index < -0.39 is 5.72 Å². The Balaban J connectivity index is 0.000000325. The van der Waals surface area contributed by atoms with E-state index in [-0.39, 0.29) is 12.3 Å². The Labute approximate surface area is 197 Å². The summed E-state index contributed by atoms with van der Waals surface area (Å²) in [5.41, 5.74) is 1.96. The molecule has 1 amide bonds. The molecule has 0 bridgehead atoms. The highest BCUT2D eigenvalue weighted by Crippen LogP contribution is 2.23. The fraction of sp³-hybridized carbons (Fsp3) is 0.407. The third-order valence-corrected chi connectivity index (χ3v) is 4.52. The lowest BCUT2D eigenvalue weighted by Crippen LogP contribution is -2.43. The predicted octanol–water partition coefficient (Wildman–Crippen LogP) is 5.20. The second-order valence-electron chi connectivity index (χ2n) is 7.75.